The van der Waals surface area contributed by atoms with E-state index in [0.717, 1.165) is 5.56 Å². The monoisotopic (exact) mass is 238 g/mol. The van der Waals surface area contributed by atoms with Gasteiger partial charge >= 0.3 is 0 Å². The van der Waals surface area contributed by atoms with Crippen molar-refractivity contribution >= 4 is 15.7 Å². The number of anilines is 1. The van der Waals surface area contributed by atoms with Crippen LogP contribution in [0, 0.1) is 18.8 Å². The van der Waals surface area contributed by atoms with Gasteiger partial charge in [0.05, 0.1) is 11.4 Å². The second kappa shape index (κ2) is 5.01. The van der Waals surface area contributed by atoms with E-state index in [9.17, 15) is 8.42 Å². The zero-order valence-electron chi connectivity index (χ0n) is 9.24. The first-order valence-electron chi connectivity index (χ1n) is 4.72. The molecule has 0 saturated carbocycles. The van der Waals surface area contributed by atoms with Gasteiger partial charge in [-0.3, -0.25) is 0 Å². The van der Waals surface area contributed by atoms with Crippen molar-refractivity contribution in [1.82, 2.24) is 4.72 Å². The van der Waals surface area contributed by atoms with E-state index in [4.69, 9.17) is 5.73 Å². The van der Waals surface area contributed by atoms with Crippen molar-refractivity contribution in [1.29, 1.82) is 0 Å². The van der Waals surface area contributed by atoms with Gasteiger partial charge in [-0.1, -0.05) is 5.92 Å². The molecule has 0 amide bonds. The van der Waals surface area contributed by atoms with E-state index in [1.165, 1.54) is 6.07 Å². The Morgan fingerprint density at radius 2 is 2.06 bits per heavy atom. The third kappa shape index (κ3) is 3.26. The summed E-state index contributed by atoms with van der Waals surface area (Å²) in [6.45, 7) is 3.55. The van der Waals surface area contributed by atoms with Gasteiger partial charge in [0.25, 0.3) is 0 Å². The topological polar surface area (TPSA) is 72.2 Å². The number of aryl methyl sites for hydroxylation is 1. The van der Waals surface area contributed by atoms with Crippen LogP contribution >= 0.6 is 0 Å². The molecule has 16 heavy (non-hydrogen) atoms. The van der Waals surface area contributed by atoms with Crippen LogP contribution in [0.5, 0.6) is 0 Å². The Labute approximate surface area is 95.9 Å². The minimum Gasteiger partial charge on any atom is -0.399 e. The highest BCUT2D eigenvalue weighted by molar-refractivity contribution is 7.89. The largest absolute Gasteiger partial charge is 0.399 e. The first kappa shape index (κ1) is 12.6. The SMILES string of the molecule is CC#CCNS(=O)(=O)c1cc(C)cc(N)c1. The number of hydrogen-bond donors (Lipinski definition) is 2. The number of rotatable bonds is 3. The second-order valence-corrected chi connectivity index (χ2v) is 5.10. The Hall–Kier alpha value is -1.51. The summed E-state index contributed by atoms with van der Waals surface area (Å²) in [5, 5.41) is 0. The van der Waals surface area contributed by atoms with Gasteiger partial charge in [0.1, 0.15) is 0 Å². The average molecular weight is 238 g/mol. The van der Waals surface area contributed by atoms with Gasteiger partial charge < -0.3 is 5.73 Å². The minimum absolute atomic E-state index is 0.104. The van der Waals surface area contributed by atoms with Gasteiger partial charge in [0, 0.05) is 5.69 Å². The normalized spacial score (nSPS) is 10.6. The molecule has 0 fully saturated rings. The fourth-order valence-corrected chi connectivity index (χ4v) is 2.30. The van der Waals surface area contributed by atoms with Gasteiger partial charge in [-0.2, -0.15) is 4.72 Å². The summed E-state index contributed by atoms with van der Waals surface area (Å²) in [4.78, 5) is 0.169. The molecule has 1 aromatic carbocycles. The molecule has 0 radical (unpaired) electrons. The van der Waals surface area contributed by atoms with Gasteiger partial charge in [-0.15, -0.1) is 5.92 Å². The Balaban J connectivity index is 3.01. The number of sulfonamides is 1. The number of benzene rings is 1. The average Bonchev–Trinajstić information content (AvgIpc) is 2.16. The maximum absolute atomic E-state index is 11.8. The van der Waals surface area contributed by atoms with E-state index in [1.807, 2.05) is 0 Å². The molecule has 0 aliphatic rings. The molecule has 0 saturated heterocycles. The first-order valence-corrected chi connectivity index (χ1v) is 6.20. The minimum atomic E-state index is -3.51. The van der Waals surface area contributed by atoms with Crippen molar-refractivity contribution in [3.8, 4) is 11.8 Å². The number of hydrogen-bond acceptors (Lipinski definition) is 3. The van der Waals surface area contributed by atoms with E-state index in [0.29, 0.717) is 5.69 Å². The van der Waals surface area contributed by atoms with Crippen LogP contribution in [0.25, 0.3) is 0 Å². The second-order valence-electron chi connectivity index (χ2n) is 3.33. The third-order valence-electron chi connectivity index (χ3n) is 1.91. The van der Waals surface area contributed by atoms with E-state index in [-0.39, 0.29) is 11.4 Å². The zero-order chi connectivity index (χ0) is 12.2. The van der Waals surface area contributed by atoms with Crippen molar-refractivity contribution < 1.29 is 8.42 Å². The number of nitrogens with two attached hydrogens (primary N) is 1. The van der Waals surface area contributed by atoms with Gasteiger partial charge in [-0.05, 0) is 37.6 Å². The highest BCUT2D eigenvalue weighted by Crippen LogP contribution is 2.15. The summed E-state index contributed by atoms with van der Waals surface area (Å²) in [6, 6.07) is 4.71. The van der Waals surface area contributed by atoms with Crippen LogP contribution in [0.15, 0.2) is 23.1 Å². The summed E-state index contributed by atoms with van der Waals surface area (Å²) in [5.41, 5.74) is 6.83. The molecule has 5 heteroatoms. The van der Waals surface area contributed by atoms with Crippen LogP contribution in [0.3, 0.4) is 0 Å². The molecule has 0 heterocycles. The molecule has 3 N–H and O–H groups in total. The summed E-state index contributed by atoms with van der Waals surface area (Å²) in [7, 11) is -3.51. The van der Waals surface area contributed by atoms with Crippen molar-refractivity contribution in [3.63, 3.8) is 0 Å². The quantitative estimate of drug-likeness (QED) is 0.606. The molecule has 0 aliphatic heterocycles. The fraction of sp³-hybridized carbons (Fsp3) is 0.273. The van der Waals surface area contributed by atoms with E-state index < -0.39 is 10.0 Å². The predicted octanol–water partition coefficient (Wildman–Crippen LogP) is 0.879. The zero-order valence-corrected chi connectivity index (χ0v) is 10.1. The fourth-order valence-electron chi connectivity index (χ4n) is 1.23. The lowest BCUT2D eigenvalue weighted by Gasteiger charge is -2.06. The molecule has 0 atom stereocenters. The number of nitrogens with one attached hydrogen (secondary N) is 1. The van der Waals surface area contributed by atoms with E-state index >= 15 is 0 Å². The van der Waals surface area contributed by atoms with Gasteiger partial charge in [-0.25, -0.2) is 8.42 Å². The van der Waals surface area contributed by atoms with Gasteiger partial charge in [0.15, 0.2) is 0 Å². The van der Waals surface area contributed by atoms with Crippen LogP contribution in [-0.4, -0.2) is 15.0 Å². The third-order valence-corrected chi connectivity index (χ3v) is 3.29. The molecule has 0 aliphatic carbocycles. The standard InChI is InChI=1S/C11H14N2O2S/c1-3-4-5-13-16(14,15)11-7-9(2)6-10(12)8-11/h6-8,13H,5,12H2,1-2H3. The van der Waals surface area contributed by atoms with Crippen molar-refractivity contribution in [2.75, 3.05) is 12.3 Å². The summed E-state index contributed by atoms with van der Waals surface area (Å²) < 4.78 is 25.9. The number of nitrogen functional groups attached to an aromatic ring is 1. The predicted molar refractivity (Wildman–Crippen MR) is 64.2 cm³/mol. The Morgan fingerprint density at radius 1 is 1.38 bits per heavy atom. The Kier molecular flexibility index (Phi) is 3.93. The molecule has 4 nitrogen and oxygen atoms in total. The molecular formula is C11H14N2O2S. The van der Waals surface area contributed by atoms with Crippen LogP contribution in [-0.2, 0) is 10.0 Å². The van der Waals surface area contributed by atoms with Gasteiger partial charge in [0.2, 0.25) is 10.0 Å². The highest BCUT2D eigenvalue weighted by atomic mass is 32.2. The Bertz CT molecular complexity index is 519. The molecule has 1 rings (SSSR count). The lowest BCUT2D eigenvalue weighted by molar-refractivity contribution is 0.586. The molecule has 1 aromatic rings. The van der Waals surface area contributed by atoms with Crippen LogP contribution < -0.4 is 10.5 Å². The van der Waals surface area contributed by atoms with Crippen LogP contribution in [0.4, 0.5) is 5.69 Å². The maximum Gasteiger partial charge on any atom is 0.241 e. The van der Waals surface area contributed by atoms with Crippen LogP contribution in [0.2, 0.25) is 0 Å². The van der Waals surface area contributed by atoms with Crippen LogP contribution in [0.1, 0.15) is 12.5 Å². The summed E-state index contributed by atoms with van der Waals surface area (Å²) in [6.07, 6.45) is 0. The molecule has 0 aromatic heterocycles. The van der Waals surface area contributed by atoms with E-state index in [1.54, 1.807) is 26.0 Å². The highest BCUT2D eigenvalue weighted by Gasteiger charge is 2.13. The van der Waals surface area contributed by atoms with E-state index in [2.05, 4.69) is 16.6 Å². The Morgan fingerprint density at radius 3 is 2.62 bits per heavy atom. The summed E-state index contributed by atoms with van der Waals surface area (Å²) >= 11 is 0. The molecule has 0 spiro atoms. The first-order chi connectivity index (χ1) is 7.45. The van der Waals surface area contributed by atoms with Crippen molar-refractivity contribution in [3.05, 3.63) is 23.8 Å². The summed E-state index contributed by atoms with van der Waals surface area (Å²) in [5.74, 6) is 5.24. The maximum atomic E-state index is 11.8. The lowest BCUT2D eigenvalue weighted by Crippen LogP contribution is -2.24. The molecule has 0 unspecified atom stereocenters. The molecule has 0 bridgehead atoms. The van der Waals surface area contributed by atoms with Crippen molar-refractivity contribution in [2.24, 2.45) is 0 Å². The molecular weight excluding hydrogens is 224 g/mol. The molecule has 86 valence electrons. The van der Waals surface area contributed by atoms with Crippen molar-refractivity contribution in [2.45, 2.75) is 18.7 Å². The lowest BCUT2D eigenvalue weighted by atomic mass is 10.2. The smallest absolute Gasteiger partial charge is 0.241 e.